The minimum absolute atomic E-state index is 0.0570. The van der Waals surface area contributed by atoms with Gasteiger partial charge in [-0.1, -0.05) is 6.92 Å². The van der Waals surface area contributed by atoms with Gasteiger partial charge in [-0.2, -0.15) is 10.2 Å². The maximum Gasteiger partial charge on any atom is 0.264 e. The molecule has 0 spiro atoms. The van der Waals surface area contributed by atoms with Gasteiger partial charge in [0, 0.05) is 80.6 Å². The zero-order valence-corrected chi connectivity index (χ0v) is 21.1. The molecule has 36 heavy (non-hydrogen) atoms. The fourth-order valence-electron chi connectivity index (χ4n) is 6.06. The van der Waals surface area contributed by atoms with Crippen molar-refractivity contribution in [2.24, 2.45) is 7.05 Å². The van der Waals surface area contributed by atoms with E-state index in [1.54, 1.807) is 23.1 Å². The monoisotopic (exact) mass is 496 g/mol. The average molecular weight is 497 g/mol. The molecule has 2 aromatic heterocycles. The number of hydrogen-bond donors (Lipinski definition) is 0. The fourth-order valence-corrected chi connectivity index (χ4v) is 6.06. The Labute approximate surface area is 210 Å². The van der Waals surface area contributed by atoms with Crippen molar-refractivity contribution in [1.29, 1.82) is 0 Å². The van der Waals surface area contributed by atoms with Crippen molar-refractivity contribution in [2.75, 3.05) is 37.7 Å². The Morgan fingerprint density at radius 3 is 2.69 bits per heavy atom. The molecule has 1 fully saturated rings. The number of aryl methyl sites for hydroxylation is 2. The summed E-state index contributed by atoms with van der Waals surface area (Å²) in [7, 11) is 1.81. The topological polar surface area (TPSA) is 51.3 Å². The van der Waals surface area contributed by atoms with Gasteiger partial charge in [0.1, 0.15) is 0 Å². The molecule has 0 atom stereocenters. The quantitative estimate of drug-likeness (QED) is 0.496. The van der Waals surface area contributed by atoms with E-state index in [4.69, 9.17) is 9.84 Å². The summed E-state index contributed by atoms with van der Waals surface area (Å²) in [5.74, 6) is 0.949. The maximum atomic E-state index is 14.4. The second-order valence-electron chi connectivity index (χ2n) is 10.2. The van der Waals surface area contributed by atoms with Crippen LogP contribution in [0.15, 0.2) is 24.5 Å². The summed E-state index contributed by atoms with van der Waals surface area (Å²) in [5.41, 5.74) is 5.91. The number of benzene rings is 1. The highest BCUT2D eigenvalue weighted by Crippen LogP contribution is 2.43. The van der Waals surface area contributed by atoms with E-state index in [-0.39, 0.29) is 5.56 Å². The Morgan fingerprint density at radius 1 is 1.14 bits per heavy atom. The fraction of sp³-hybridized carbons (Fsp3) is 0.556. The first-order valence-electron chi connectivity index (χ1n) is 13.1. The van der Waals surface area contributed by atoms with Gasteiger partial charge in [-0.05, 0) is 55.5 Å². The van der Waals surface area contributed by atoms with E-state index >= 15 is 0 Å². The summed E-state index contributed by atoms with van der Waals surface area (Å²) in [6, 6.07) is 4.01. The van der Waals surface area contributed by atoms with Crippen LogP contribution in [0.1, 0.15) is 61.0 Å². The molecule has 5 heterocycles. The van der Waals surface area contributed by atoms with Gasteiger partial charge >= 0.3 is 0 Å². The van der Waals surface area contributed by atoms with Crippen molar-refractivity contribution in [3.8, 4) is 11.1 Å². The number of likely N-dealkylation sites (N-methyl/N-ethyl adjacent to an activating group) is 1. The van der Waals surface area contributed by atoms with Gasteiger partial charge in [0.05, 0.1) is 12.2 Å². The molecule has 0 aliphatic carbocycles. The minimum Gasteiger partial charge on any atom is -0.381 e. The third kappa shape index (κ3) is 4.12. The Bertz CT molecular complexity index is 1250. The molecular formula is C27H34F2N6O. The van der Waals surface area contributed by atoms with Crippen LogP contribution in [-0.4, -0.2) is 57.3 Å². The van der Waals surface area contributed by atoms with Crippen LogP contribution in [0.25, 0.3) is 11.1 Å². The SMILES string of the molecule is CCN1CCc2c(c(N3CCCc4cc(-c5cnn(C)c5)c(C(F)F)cc43)nn2C2CCOCC2)C1. The number of nitrogens with zero attached hydrogens (tertiary/aromatic N) is 6. The standard InChI is InChI=1S/C27H34F2N6O/c1-3-33-10-6-24-23(17-33)27(31-35(24)20-7-11-36-12-8-20)34-9-4-5-18-13-21(19-15-30-32(2)16-19)22(26(28)29)14-25(18)34/h13-16,20,26H,3-12,17H2,1-2H3. The Morgan fingerprint density at radius 2 is 1.97 bits per heavy atom. The van der Waals surface area contributed by atoms with Crippen LogP contribution >= 0.6 is 0 Å². The first-order valence-corrected chi connectivity index (χ1v) is 13.1. The zero-order chi connectivity index (χ0) is 24.8. The summed E-state index contributed by atoms with van der Waals surface area (Å²) < 4.78 is 38.2. The van der Waals surface area contributed by atoms with Gasteiger partial charge in [-0.15, -0.1) is 0 Å². The maximum absolute atomic E-state index is 14.4. The largest absolute Gasteiger partial charge is 0.381 e. The summed E-state index contributed by atoms with van der Waals surface area (Å²) in [4.78, 5) is 4.66. The number of halogens is 2. The molecule has 1 saturated heterocycles. The molecular weight excluding hydrogens is 462 g/mol. The summed E-state index contributed by atoms with van der Waals surface area (Å²) in [6.45, 7) is 7.37. The lowest BCUT2D eigenvalue weighted by atomic mass is 9.92. The number of hydrogen-bond acceptors (Lipinski definition) is 5. The number of rotatable bonds is 5. The highest BCUT2D eigenvalue weighted by molar-refractivity contribution is 5.76. The molecule has 3 aliphatic heterocycles. The highest BCUT2D eigenvalue weighted by atomic mass is 19.3. The Kier molecular flexibility index (Phi) is 6.29. The molecule has 0 N–H and O–H groups in total. The van der Waals surface area contributed by atoms with Crippen molar-refractivity contribution >= 4 is 11.5 Å². The first kappa shape index (κ1) is 23.6. The third-order valence-corrected chi connectivity index (χ3v) is 8.00. The van der Waals surface area contributed by atoms with Crippen LogP contribution in [0.2, 0.25) is 0 Å². The molecule has 7 nitrogen and oxygen atoms in total. The van der Waals surface area contributed by atoms with Gasteiger partial charge in [-0.3, -0.25) is 14.3 Å². The third-order valence-electron chi connectivity index (χ3n) is 8.00. The number of alkyl halides is 2. The van der Waals surface area contributed by atoms with Crippen LogP contribution in [0.4, 0.5) is 20.3 Å². The van der Waals surface area contributed by atoms with Gasteiger partial charge < -0.3 is 9.64 Å². The molecule has 3 aliphatic rings. The molecule has 3 aromatic rings. The molecule has 6 rings (SSSR count). The lowest BCUT2D eigenvalue weighted by Gasteiger charge is -2.33. The van der Waals surface area contributed by atoms with E-state index < -0.39 is 6.43 Å². The van der Waals surface area contributed by atoms with Gasteiger partial charge in [-0.25, -0.2) is 8.78 Å². The van der Waals surface area contributed by atoms with Crippen LogP contribution in [0.3, 0.4) is 0 Å². The van der Waals surface area contributed by atoms with Gasteiger partial charge in [0.25, 0.3) is 6.43 Å². The summed E-state index contributed by atoms with van der Waals surface area (Å²) in [5, 5.41) is 9.44. The van der Waals surface area contributed by atoms with Crippen molar-refractivity contribution in [3.05, 3.63) is 46.9 Å². The van der Waals surface area contributed by atoms with E-state index in [2.05, 4.69) is 26.5 Å². The van der Waals surface area contributed by atoms with E-state index in [1.807, 2.05) is 13.1 Å². The Balaban J connectivity index is 1.46. The molecule has 9 heteroatoms. The normalized spacial score (nSPS) is 19.1. The molecule has 0 radical (unpaired) electrons. The number of fused-ring (bicyclic) bond motifs is 2. The predicted octanol–water partition coefficient (Wildman–Crippen LogP) is 5.04. The molecule has 1 aromatic carbocycles. The van der Waals surface area contributed by atoms with Gasteiger partial charge in [0.2, 0.25) is 0 Å². The van der Waals surface area contributed by atoms with E-state index in [1.165, 1.54) is 11.3 Å². The molecule has 0 amide bonds. The average Bonchev–Trinajstić information content (AvgIpc) is 3.51. The predicted molar refractivity (Wildman–Crippen MR) is 135 cm³/mol. The lowest BCUT2D eigenvalue weighted by Crippen LogP contribution is -2.33. The summed E-state index contributed by atoms with van der Waals surface area (Å²) >= 11 is 0. The molecule has 192 valence electrons. The smallest absolute Gasteiger partial charge is 0.264 e. The molecule has 0 saturated carbocycles. The number of aromatic nitrogens is 4. The minimum atomic E-state index is -2.57. The van der Waals surface area contributed by atoms with E-state index in [0.29, 0.717) is 11.6 Å². The van der Waals surface area contributed by atoms with Gasteiger partial charge in [0.15, 0.2) is 5.82 Å². The van der Waals surface area contributed by atoms with Crippen molar-refractivity contribution < 1.29 is 13.5 Å². The zero-order valence-electron chi connectivity index (χ0n) is 21.1. The molecule has 0 bridgehead atoms. The summed E-state index contributed by atoms with van der Waals surface area (Å²) in [6.07, 6.45) is 5.63. The van der Waals surface area contributed by atoms with Crippen LogP contribution in [0.5, 0.6) is 0 Å². The van der Waals surface area contributed by atoms with Crippen molar-refractivity contribution in [2.45, 2.75) is 58.0 Å². The number of ether oxygens (including phenoxy) is 1. The van der Waals surface area contributed by atoms with Crippen LogP contribution in [-0.2, 0) is 31.2 Å². The van der Waals surface area contributed by atoms with Crippen LogP contribution in [0, 0.1) is 0 Å². The van der Waals surface area contributed by atoms with E-state index in [9.17, 15) is 8.78 Å². The van der Waals surface area contributed by atoms with Crippen molar-refractivity contribution in [3.63, 3.8) is 0 Å². The lowest BCUT2D eigenvalue weighted by molar-refractivity contribution is 0.0650. The highest BCUT2D eigenvalue weighted by Gasteiger charge is 2.33. The van der Waals surface area contributed by atoms with Crippen molar-refractivity contribution in [1.82, 2.24) is 24.5 Å². The Hall–Kier alpha value is -2.78. The first-order chi connectivity index (χ1) is 17.5. The van der Waals surface area contributed by atoms with Crippen LogP contribution < -0.4 is 4.90 Å². The second kappa shape index (κ2) is 9.59. The second-order valence-corrected chi connectivity index (χ2v) is 10.2. The molecule has 0 unspecified atom stereocenters. The number of anilines is 2. The van der Waals surface area contributed by atoms with E-state index in [0.717, 1.165) is 94.1 Å².